The first-order valence-electron chi connectivity index (χ1n) is 11.5. The van der Waals surface area contributed by atoms with Crippen LogP contribution in [0.3, 0.4) is 0 Å². The minimum absolute atomic E-state index is 0.149. The van der Waals surface area contributed by atoms with Crippen molar-refractivity contribution in [2.45, 2.75) is 24.7 Å². The Balaban J connectivity index is 1.31. The van der Waals surface area contributed by atoms with Crippen LogP contribution in [0, 0.1) is 18.7 Å². The first-order valence-corrected chi connectivity index (χ1v) is 12.9. The van der Waals surface area contributed by atoms with Gasteiger partial charge in [-0.05, 0) is 49.9 Å². The molecule has 4 aromatic rings. The molecule has 2 aromatic heterocycles. The van der Waals surface area contributed by atoms with Crippen molar-refractivity contribution in [2.24, 2.45) is 5.92 Å². The van der Waals surface area contributed by atoms with Gasteiger partial charge in [-0.1, -0.05) is 24.3 Å². The first kappa shape index (κ1) is 23.3. The molecule has 0 saturated carbocycles. The Labute approximate surface area is 203 Å². The van der Waals surface area contributed by atoms with Crippen molar-refractivity contribution < 1.29 is 17.9 Å². The molecule has 35 heavy (non-hydrogen) atoms. The van der Waals surface area contributed by atoms with Gasteiger partial charge in [-0.2, -0.15) is 13.9 Å². The molecule has 0 spiro atoms. The van der Waals surface area contributed by atoms with Gasteiger partial charge in [0.25, 0.3) is 0 Å². The summed E-state index contributed by atoms with van der Waals surface area (Å²) >= 11 is 0. The number of aromatic hydroxyl groups is 1. The number of hydrogen-bond acceptors (Lipinski definition) is 6. The van der Waals surface area contributed by atoms with E-state index < -0.39 is 15.8 Å². The molecular weight excluding hydrogens is 469 g/mol. The summed E-state index contributed by atoms with van der Waals surface area (Å²) in [6.07, 6.45) is 3.05. The third-order valence-electron chi connectivity index (χ3n) is 6.43. The second-order valence-corrected chi connectivity index (χ2v) is 10.7. The molecule has 2 aromatic carbocycles. The van der Waals surface area contributed by atoms with Crippen LogP contribution >= 0.6 is 0 Å². The van der Waals surface area contributed by atoms with Crippen molar-refractivity contribution in [3.63, 3.8) is 0 Å². The fourth-order valence-corrected chi connectivity index (χ4v) is 5.96. The topological polar surface area (TPSA) is 99.8 Å². The van der Waals surface area contributed by atoms with Crippen LogP contribution < -0.4 is 5.32 Å². The highest BCUT2D eigenvalue weighted by molar-refractivity contribution is 7.89. The van der Waals surface area contributed by atoms with Crippen LogP contribution in [0.15, 0.2) is 65.7 Å². The summed E-state index contributed by atoms with van der Waals surface area (Å²) < 4.78 is 42.9. The normalized spacial score (nSPS) is 15.5. The molecule has 1 fully saturated rings. The monoisotopic (exact) mass is 495 g/mol. The maximum atomic E-state index is 14.1. The van der Waals surface area contributed by atoms with E-state index in [1.54, 1.807) is 22.8 Å². The van der Waals surface area contributed by atoms with Crippen molar-refractivity contribution in [1.82, 2.24) is 18.9 Å². The van der Waals surface area contributed by atoms with Gasteiger partial charge in [0.1, 0.15) is 22.3 Å². The standard InChI is InChI=1S/C25H26FN5O3S/c1-17-15-28-31-24(14-21(29-25(17)31)19-6-2-4-8-22(19)32)27-16-18-10-12-30(13-11-18)35(33,34)23-9-5-3-7-20(23)26/h2-9,14-15,18,27,32H,10-13,16H2,1H3. The number of aryl methyl sites for hydroxylation is 1. The molecule has 1 saturated heterocycles. The highest BCUT2D eigenvalue weighted by atomic mass is 32.2. The molecule has 0 bridgehead atoms. The van der Waals surface area contributed by atoms with E-state index in [-0.39, 0.29) is 16.6 Å². The Morgan fingerprint density at radius 2 is 1.83 bits per heavy atom. The van der Waals surface area contributed by atoms with Gasteiger partial charge in [0.2, 0.25) is 10.0 Å². The van der Waals surface area contributed by atoms with Gasteiger partial charge >= 0.3 is 0 Å². The molecule has 1 aliphatic heterocycles. The number of halogens is 1. The molecule has 8 nitrogen and oxygen atoms in total. The van der Waals surface area contributed by atoms with E-state index in [9.17, 15) is 17.9 Å². The number of sulfonamides is 1. The molecule has 2 N–H and O–H groups in total. The van der Waals surface area contributed by atoms with Gasteiger partial charge in [0, 0.05) is 36.8 Å². The lowest BCUT2D eigenvalue weighted by Gasteiger charge is -2.31. The summed E-state index contributed by atoms with van der Waals surface area (Å²) in [5, 5.41) is 18.2. The second-order valence-electron chi connectivity index (χ2n) is 8.77. The molecular formula is C25H26FN5O3S. The maximum Gasteiger partial charge on any atom is 0.245 e. The third kappa shape index (κ3) is 4.46. The third-order valence-corrected chi connectivity index (χ3v) is 8.36. The zero-order valence-electron chi connectivity index (χ0n) is 19.2. The number of fused-ring (bicyclic) bond motifs is 1. The average Bonchev–Trinajstić information content (AvgIpc) is 3.24. The molecule has 3 heterocycles. The van der Waals surface area contributed by atoms with Gasteiger partial charge < -0.3 is 10.4 Å². The van der Waals surface area contributed by atoms with Crippen molar-refractivity contribution in [1.29, 1.82) is 0 Å². The summed E-state index contributed by atoms with van der Waals surface area (Å²) in [6.45, 7) is 3.21. The quantitative estimate of drug-likeness (QED) is 0.419. The van der Waals surface area contributed by atoms with Gasteiger partial charge in [-0.15, -0.1) is 0 Å². The fourth-order valence-electron chi connectivity index (χ4n) is 4.42. The Bertz CT molecular complexity index is 1480. The lowest BCUT2D eigenvalue weighted by atomic mass is 9.98. The number of nitrogens with one attached hydrogen (secondary N) is 1. The lowest BCUT2D eigenvalue weighted by molar-refractivity contribution is 0.281. The van der Waals surface area contributed by atoms with E-state index in [0.717, 1.165) is 11.4 Å². The van der Waals surface area contributed by atoms with Gasteiger partial charge in [-0.25, -0.2) is 17.8 Å². The zero-order chi connectivity index (χ0) is 24.6. The SMILES string of the molecule is Cc1cnn2c(NCC3CCN(S(=O)(=O)c4ccccc4F)CC3)cc(-c3ccccc3O)nc12. The van der Waals surface area contributed by atoms with Crippen LogP contribution in [0.25, 0.3) is 16.9 Å². The fraction of sp³-hybridized carbons (Fsp3) is 0.280. The highest BCUT2D eigenvalue weighted by Crippen LogP contribution is 2.31. The number of piperidine rings is 1. The molecule has 0 aliphatic carbocycles. The van der Waals surface area contributed by atoms with Crippen LogP contribution in [0.2, 0.25) is 0 Å². The van der Waals surface area contributed by atoms with Crippen molar-refractivity contribution >= 4 is 21.5 Å². The van der Waals surface area contributed by atoms with Crippen LogP contribution in [0.1, 0.15) is 18.4 Å². The van der Waals surface area contributed by atoms with Crippen LogP contribution in [0.5, 0.6) is 5.75 Å². The number of para-hydroxylation sites is 1. The van der Waals surface area contributed by atoms with Crippen LogP contribution in [-0.2, 0) is 10.0 Å². The van der Waals surface area contributed by atoms with Gasteiger partial charge in [0.15, 0.2) is 5.65 Å². The van der Waals surface area contributed by atoms with Crippen molar-refractivity contribution in [3.05, 3.63) is 72.2 Å². The number of anilines is 1. The number of aromatic nitrogens is 3. The highest BCUT2D eigenvalue weighted by Gasteiger charge is 2.31. The average molecular weight is 496 g/mol. The molecule has 182 valence electrons. The molecule has 0 radical (unpaired) electrons. The number of phenols is 1. The van der Waals surface area contributed by atoms with E-state index in [1.807, 2.05) is 25.1 Å². The van der Waals surface area contributed by atoms with E-state index in [4.69, 9.17) is 4.98 Å². The Hall–Kier alpha value is -3.50. The lowest BCUT2D eigenvalue weighted by Crippen LogP contribution is -2.40. The zero-order valence-corrected chi connectivity index (χ0v) is 20.0. The summed E-state index contributed by atoms with van der Waals surface area (Å²) in [5.41, 5.74) is 2.87. The Kier molecular flexibility index (Phi) is 6.16. The predicted molar refractivity (Wildman–Crippen MR) is 131 cm³/mol. The summed E-state index contributed by atoms with van der Waals surface area (Å²) in [6, 6.07) is 14.4. The van der Waals surface area contributed by atoms with E-state index in [1.165, 1.54) is 28.6 Å². The Morgan fingerprint density at radius 1 is 1.11 bits per heavy atom. The largest absolute Gasteiger partial charge is 0.507 e. The maximum absolute atomic E-state index is 14.1. The van der Waals surface area contributed by atoms with E-state index >= 15 is 0 Å². The number of benzene rings is 2. The summed E-state index contributed by atoms with van der Waals surface area (Å²) in [4.78, 5) is 4.41. The van der Waals surface area contributed by atoms with Crippen LogP contribution in [-0.4, -0.2) is 52.1 Å². The van der Waals surface area contributed by atoms with Crippen LogP contribution in [0.4, 0.5) is 10.2 Å². The van der Waals surface area contributed by atoms with Crippen molar-refractivity contribution in [3.8, 4) is 17.0 Å². The molecule has 0 unspecified atom stereocenters. The smallest absolute Gasteiger partial charge is 0.245 e. The van der Waals surface area contributed by atoms with E-state index in [0.29, 0.717) is 49.4 Å². The Morgan fingerprint density at radius 3 is 2.57 bits per heavy atom. The van der Waals surface area contributed by atoms with Gasteiger partial charge in [-0.3, -0.25) is 0 Å². The minimum atomic E-state index is -3.86. The number of phenolic OH excluding ortho intramolecular Hbond substituents is 1. The van der Waals surface area contributed by atoms with Crippen molar-refractivity contribution in [2.75, 3.05) is 25.0 Å². The first-order chi connectivity index (χ1) is 16.8. The molecule has 10 heteroatoms. The van der Waals surface area contributed by atoms with Gasteiger partial charge in [0.05, 0.1) is 11.9 Å². The summed E-state index contributed by atoms with van der Waals surface area (Å²) in [5.74, 6) is 0.391. The predicted octanol–water partition coefficient (Wildman–Crippen LogP) is 4.06. The molecule has 5 rings (SSSR count). The molecule has 0 atom stereocenters. The second kappa shape index (κ2) is 9.27. The molecule has 0 amide bonds. The number of rotatable bonds is 6. The number of nitrogens with zero attached hydrogens (tertiary/aromatic N) is 4. The minimum Gasteiger partial charge on any atom is -0.507 e. The van der Waals surface area contributed by atoms with E-state index in [2.05, 4.69) is 10.4 Å². The molecule has 1 aliphatic rings. The summed E-state index contributed by atoms with van der Waals surface area (Å²) in [7, 11) is -3.86. The number of hydrogen-bond donors (Lipinski definition) is 2.